The van der Waals surface area contributed by atoms with Gasteiger partial charge in [0.2, 0.25) is 0 Å². The van der Waals surface area contributed by atoms with Crippen molar-refractivity contribution in [1.29, 1.82) is 0 Å². The predicted octanol–water partition coefficient (Wildman–Crippen LogP) is 4.23. The second-order valence-electron chi connectivity index (χ2n) is 6.15. The molecule has 2 aromatic carbocycles. The van der Waals surface area contributed by atoms with Crippen LogP contribution in [0.1, 0.15) is 16.1 Å². The Morgan fingerprint density at radius 1 is 1.29 bits per heavy atom. The fraction of sp³-hybridized carbons (Fsp3) is 0.250. The molecule has 0 saturated heterocycles. The first kappa shape index (κ1) is 20.3. The summed E-state index contributed by atoms with van der Waals surface area (Å²) in [4.78, 5) is 12.4. The first-order valence-corrected chi connectivity index (χ1v) is 9.26. The van der Waals surface area contributed by atoms with Gasteiger partial charge < -0.3 is 24.3 Å². The third-order valence-electron chi connectivity index (χ3n) is 4.20. The molecule has 28 heavy (non-hydrogen) atoms. The number of aliphatic hydroxyl groups excluding tert-OH is 1. The number of aliphatic hydroxyl groups is 1. The van der Waals surface area contributed by atoms with Crippen molar-refractivity contribution in [3.05, 3.63) is 57.8 Å². The molecule has 148 valence electrons. The average Bonchev–Trinajstić information content (AvgIpc) is 3.03. The van der Waals surface area contributed by atoms with Gasteiger partial charge in [0.25, 0.3) is 5.91 Å². The standard InChI is InChI=1S/C20H19Cl2NO5/c1-11-14-8-13(26-2)6-7-16(14)28-19(11)20(25)23-9-12(24)10-27-17-5-3-4-15(21)18(17)22/h3-8,12,24H,9-10H2,1-2H3,(H,23,25). The Bertz CT molecular complexity index is 1000. The summed E-state index contributed by atoms with van der Waals surface area (Å²) in [6.07, 6.45) is -0.941. The molecule has 3 aromatic rings. The Balaban J connectivity index is 1.60. The molecule has 3 rings (SSSR count). The number of furan rings is 1. The molecule has 2 N–H and O–H groups in total. The van der Waals surface area contributed by atoms with Crippen molar-refractivity contribution in [3.8, 4) is 11.5 Å². The fourth-order valence-electron chi connectivity index (χ4n) is 2.67. The van der Waals surface area contributed by atoms with Crippen LogP contribution >= 0.6 is 23.2 Å². The Morgan fingerprint density at radius 3 is 2.82 bits per heavy atom. The van der Waals surface area contributed by atoms with Crippen LogP contribution in [0, 0.1) is 6.92 Å². The zero-order valence-corrected chi connectivity index (χ0v) is 16.8. The molecule has 1 aromatic heterocycles. The van der Waals surface area contributed by atoms with Crippen molar-refractivity contribution < 1.29 is 23.8 Å². The van der Waals surface area contributed by atoms with Gasteiger partial charge in [0.1, 0.15) is 34.8 Å². The van der Waals surface area contributed by atoms with Gasteiger partial charge in [0.05, 0.1) is 12.1 Å². The monoisotopic (exact) mass is 423 g/mol. The highest BCUT2D eigenvalue weighted by Gasteiger charge is 2.19. The lowest BCUT2D eigenvalue weighted by Gasteiger charge is -2.14. The summed E-state index contributed by atoms with van der Waals surface area (Å²) in [6.45, 7) is 1.72. The van der Waals surface area contributed by atoms with Crippen molar-refractivity contribution in [2.45, 2.75) is 13.0 Å². The summed E-state index contributed by atoms with van der Waals surface area (Å²) >= 11 is 11.9. The number of halogens is 2. The molecule has 1 atom stereocenters. The van der Waals surface area contributed by atoms with Gasteiger partial charge in [-0.3, -0.25) is 4.79 Å². The van der Waals surface area contributed by atoms with Crippen molar-refractivity contribution in [1.82, 2.24) is 5.32 Å². The highest BCUT2D eigenvalue weighted by Crippen LogP contribution is 2.31. The molecule has 0 saturated carbocycles. The molecule has 0 aliphatic carbocycles. The largest absolute Gasteiger partial charge is 0.497 e. The van der Waals surface area contributed by atoms with Crippen molar-refractivity contribution >= 4 is 40.1 Å². The zero-order valence-electron chi connectivity index (χ0n) is 15.3. The molecular weight excluding hydrogens is 405 g/mol. The highest BCUT2D eigenvalue weighted by atomic mass is 35.5. The van der Waals surface area contributed by atoms with Gasteiger partial charge in [0.15, 0.2) is 5.76 Å². The van der Waals surface area contributed by atoms with Crippen LogP contribution in [-0.2, 0) is 0 Å². The van der Waals surface area contributed by atoms with Crippen molar-refractivity contribution in [2.24, 2.45) is 0 Å². The smallest absolute Gasteiger partial charge is 0.287 e. The number of rotatable bonds is 7. The van der Waals surface area contributed by atoms with Gasteiger partial charge in [-0.1, -0.05) is 29.3 Å². The molecule has 6 nitrogen and oxygen atoms in total. The number of carbonyl (C=O) groups is 1. The quantitative estimate of drug-likeness (QED) is 0.594. The molecule has 0 spiro atoms. The van der Waals surface area contributed by atoms with E-state index in [1.165, 1.54) is 0 Å². The fourth-order valence-corrected chi connectivity index (χ4v) is 3.02. The summed E-state index contributed by atoms with van der Waals surface area (Å²) in [6, 6.07) is 10.3. The van der Waals surface area contributed by atoms with Crippen LogP contribution in [0.25, 0.3) is 11.0 Å². The normalized spacial score (nSPS) is 12.0. The maximum absolute atomic E-state index is 12.4. The van der Waals surface area contributed by atoms with E-state index in [2.05, 4.69) is 5.32 Å². The maximum atomic E-state index is 12.4. The number of benzene rings is 2. The molecule has 1 unspecified atom stereocenters. The predicted molar refractivity (Wildman–Crippen MR) is 108 cm³/mol. The van der Waals surface area contributed by atoms with E-state index in [-0.39, 0.29) is 23.9 Å². The summed E-state index contributed by atoms with van der Waals surface area (Å²) in [5.41, 5.74) is 1.28. The summed E-state index contributed by atoms with van der Waals surface area (Å²) in [5.74, 6) is 0.805. The van der Waals surface area contributed by atoms with Crippen molar-refractivity contribution in [3.63, 3.8) is 0 Å². The van der Waals surface area contributed by atoms with Gasteiger partial charge in [-0.05, 0) is 37.3 Å². The lowest BCUT2D eigenvalue weighted by atomic mass is 10.1. The lowest BCUT2D eigenvalue weighted by Crippen LogP contribution is -2.35. The van der Waals surface area contributed by atoms with E-state index in [1.807, 2.05) is 6.07 Å². The molecule has 1 amide bonds. The minimum Gasteiger partial charge on any atom is -0.497 e. The van der Waals surface area contributed by atoms with Gasteiger partial charge in [-0.25, -0.2) is 0 Å². The average molecular weight is 424 g/mol. The Hall–Kier alpha value is -2.41. The van der Waals surface area contributed by atoms with Crippen LogP contribution in [0.2, 0.25) is 10.0 Å². The van der Waals surface area contributed by atoms with E-state index < -0.39 is 12.0 Å². The molecule has 0 aliphatic heterocycles. The second kappa shape index (κ2) is 8.73. The number of nitrogens with one attached hydrogen (secondary N) is 1. The number of carbonyl (C=O) groups excluding carboxylic acids is 1. The Morgan fingerprint density at radius 2 is 2.07 bits per heavy atom. The Labute approximate surface area is 171 Å². The number of methoxy groups -OCH3 is 1. The Kier molecular flexibility index (Phi) is 6.34. The SMILES string of the molecule is COc1ccc2oc(C(=O)NCC(O)COc3cccc(Cl)c3Cl)c(C)c2c1. The van der Waals surface area contributed by atoms with Crippen LogP contribution in [0.5, 0.6) is 11.5 Å². The second-order valence-corrected chi connectivity index (χ2v) is 6.93. The van der Waals surface area contributed by atoms with Gasteiger partial charge in [-0.2, -0.15) is 0 Å². The third kappa shape index (κ3) is 4.35. The minimum atomic E-state index is -0.941. The summed E-state index contributed by atoms with van der Waals surface area (Å²) in [7, 11) is 1.57. The van der Waals surface area contributed by atoms with Crippen LogP contribution < -0.4 is 14.8 Å². The van der Waals surface area contributed by atoms with E-state index in [0.29, 0.717) is 27.7 Å². The molecular formula is C20H19Cl2NO5. The van der Waals surface area contributed by atoms with Gasteiger partial charge >= 0.3 is 0 Å². The molecule has 0 radical (unpaired) electrons. The number of hydrogen-bond acceptors (Lipinski definition) is 5. The third-order valence-corrected chi connectivity index (χ3v) is 5.00. The molecule has 8 heteroatoms. The first-order chi connectivity index (χ1) is 13.4. The summed E-state index contributed by atoms with van der Waals surface area (Å²) in [5, 5.41) is 14.1. The lowest BCUT2D eigenvalue weighted by molar-refractivity contribution is 0.0823. The topological polar surface area (TPSA) is 80.9 Å². The van der Waals surface area contributed by atoms with Crippen LogP contribution in [0.15, 0.2) is 40.8 Å². The van der Waals surface area contributed by atoms with E-state index in [0.717, 1.165) is 5.39 Å². The van der Waals surface area contributed by atoms with Crippen LogP contribution in [0.4, 0.5) is 0 Å². The minimum absolute atomic E-state index is 0.0170. The number of fused-ring (bicyclic) bond motifs is 1. The van der Waals surface area contributed by atoms with Gasteiger partial charge in [0, 0.05) is 17.5 Å². The van der Waals surface area contributed by atoms with E-state index >= 15 is 0 Å². The van der Waals surface area contributed by atoms with E-state index in [4.69, 9.17) is 37.1 Å². The van der Waals surface area contributed by atoms with Crippen LogP contribution in [0.3, 0.4) is 0 Å². The maximum Gasteiger partial charge on any atom is 0.287 e. The summed E-state index contributed by atoms with van der Waals surface area (Å²) < 4.78 is 16.3. The number of hydrogen-bond donors (Lipinski definition) is 2. The van der Waals surface area contributed by atoms with Gasteiger partial charge in [-0.15, -0.1) is 0 Å². The number of aryl methyl sites for hydroxylation is 1. The molecule has 1 heterocycles. The van der Waals surface area contributed by atoms with Crippen LogP contribution in [-0.4, -0.2) is 37.4 Å². The van der Waals surface area contributed by atoms with Crippen molar-refractivity contribution in [2.75, 3.05) is 20.3 Å². The van der Waals surface area contributed by atoms with E-state index in [1.54, 1.807) is 44.4 Å². The number of ether oxygens (including phenoxy) is 2. The highest BCUT2D eigenvalue weighted by molar-refractivity contribution is 6.42. The first-order valence-electron chi connectivity index (χ1n) is 8.51. The number of amides is 1. The molecule has 0 bridgehead atoms. The molecule has 0 aliphatic rings. The zero-order chi connectivity index (χ0) is 20.3. The molecule has 0 fully saturated rings. The van der Waals surface area contributed by atoms with E-state index in [9.17, 15) is 9.90 Å².